The number of nitrogens with zero attached hydrogens (tertiary/aromatic N) is 1. The molecular formula is C16H19NO2. The SMILES string of the molecule is CCCCCC/C=C1\N=C(c2ccccc2)OC1=O. The van der Waals surface area contributed by atoms with Gasteiger partial charge >= 0.3 is 5.97 Å². The summed E-state index contributed by atoms with van der Waals surface area (Å²) in [4.78, 5) is 15.9. The molecule has 100 valence electrons. The molecule has 0 bridgehead atoms. The summed E-state index contributed by atoms with van der Waals surface area (Å²) >= 11 is 0. The molecule has 0 aliphatic carbocycles. The Bertz CT molecular complexity index is 489. The van der Waals surface area contributed by atoms with Gasteiger partial charge in [-0.05, 0) is 25.0 Å². The number of aliphatic imine (C=N–C) groups is 1. The molecule has 0 fully saturated rings. The molecule has 19 heavy (non-hydrogen) atoms. The minimum Gasteiger partial charge on any atom is -0.402 e. The van der Waals surface area contributed by atoms with Gasteiger partial charge in [0.05, 0.1) is 0 Å². The molecule has 1 heterocycles. The average Bonchev–Trinajstić information content (AvgIpc) is 2.81. The Morgan fingerprint density at radius 1 is 1.16 bits per heavy atom. The van der Waals surface area contributed by atoms with Crippen molar-refractivity contribution in [3.8, 4) is 0 Å². The highest BCUT2D eigenvalue weighted by molar-refractivity contribution is 6.11. The summed E-state index contributed by atoms with van der Waals surface area (Å²) in [5, 5.41) is 0. The van der Waals surface area contributed by atoms with E-state index in [9.17, 15) is 4.79 Å². The van der Waals surface area contributed by atoms with E-state index in [-0.39, 0.29) is 5.97 Å². The maximum atomic E-state index is 11.7. The van der Waals surface area contributed by atoms with Gasteiger partial charge in [0, 0.05) is 5.56 Å². The van der Waals surface area contributed by atoms with Gasteiger partial charge in [0.2, 0.25) is 5.90 Å². The summed E-state index contributed by atoms with van der Waals surface area (Å²) in [6, 6.07) is 9.49. The van der Waals surface area contributed by atoms with E-state index in [1.54, 1.807) is 0 Å². The van der Waals surface area contributed by atoms with E-state index in [4.69, 9.17) is 4.74 Å². The summed E-state index contributed by atoms with van der Waals surface area (Å²) in [5.74, 6) is 0.0692. The lowest BCUT2D eigenvalue weighted by Crippen LogP contribution is -2.04. The van der Waals surface area contributed by atoms with Crippen molar-refractivity contribution < 1.29 is 9.53 Å². The van der Waals surface area contributed by atoms with Gasteiger partial charge in [-0.15, -0.1) is 0 Å². The Hall–Kier alpha value is -1.90. The molecule has 0 saturated carbocycles. The first kappa shape index (κ1) is 13.5. The van der Waals surface area contributed by atoms with E-state index in [0.717, 1.165) is 18.4 Å². The summed E-state index contributed by atoms with van der Waals surface area (Å²) in [7, 11) is 0. The molecular weight excluding hydrogens is 238 g/mol. The van der Waals surface area contributed by atoms with Gasteiger partial charge < -0.3 is 4.74 Å². The van der Waals surface area contributed by atoms with Crippen LogP contribution in [0.15, 0.2) is 47.1 Å². The van der Waals surface area contributed by atoms with Crippen molar-refractivity contribution in [1.29, 1.82) is 0 Å². The molecule has 3 nitrogen and oxygen atoms in total. The standard InChI is InChI=1S/C16H19NO2/c1-2-3-4-5-9-12-14-16(18)19-15(17-14)13-10-7-6-8-11-13/h6-8,10-12H,2-5,9H2,1H3/b14-12-. The minimum absolute atomic E-state index is 0.339. The van der Waals surface area contributed by atoms with Crippen molar-refractivity contribution in [2.75, 3.05) is 0 Å². The number of ether oxygens (including phenoxy) is 1. The Labute approximate surface area is 114 Å². The van der Waals surface area contributed by atoms with Gasteiger partial charge in [0.25, 0.3) is 0 Å². The molecule has 1 aromatic carbocycles. The van der Waals surface area contributed by atoms with Crippen molar-refractivity contribution in [3.05, 3.63) is 47.7 Å². The van der Waals surface area contributed by atoms with E-state index >= 15 is 0 Å². The van der Waals surface area contributed by atoms with Gasteiger partial charge in [-0.3, -0.25) is 0 Å². The second-order valence-electron chi connectivity index (χ2n) is 4.61. The largest absolute Gasteiger partial charge is 0.402 e. The Kier molecular flexibility index (Phi) is 4.90. The van der Waals surface area contributed by atoms with Crippen LogP contribution in [0.5, 0.6) is 0 Å². The quantitative estimate of drug-likeness (QED) is 0.441. The van der Waals surface area contributed by atoms with Crippen LogP contribution >= 0.6 is 0 Å². The van der Waals surface area contributed by atoms with Crippen molar-refractivity contribution in [2.45, 2.75) is 39.0 Å². The first-order valence-electron chi connectivity index (χ1n) is 6.87. The average molecular weight is 257 g/mol. The number of hydrogen-bond donors (Lipinski definition) is 0. The van der Waals surface area contributed by atoms with Gasteiger partial charge in [-0.1, -0.05) is 50.5 Å². The normalized spacial score (nSPS) is 16.6. The first-order valence-corrected chi connectivity index (χ1v) is 6.87. The van der Waals surface area contributed by atoms with Crippen LogP contribution in [0.2, 0.25) is 0 Å². The lowest BCUT2D eigenvalue weighted by atomic mass is 10.1. The zero-order valence-corrected chi connectivity index (χ0v) is 11.3. The fourth-order valence-corrected chi connectivity index (χ4v) is 1.96. The van der Waals surface area contributed by atoms with Crippen molar-refractivity contribution in [2.24, 2.45) is 4.99 Å². The molecule has 0 unspecified atom stereocenters. The van der Waals surface area contributed by atoms with Crippen LogP contribution in [0.1, 0.15) is 44.6 Å². The Morgan fingerprint density at radius 2 is 1.95 bits per heavy atom. The maximum Gasteiger partial charge on any atom is 0.363 e. The second kappa shape index (κ2) is 6.88. The van der Waals surface area contributed by atoms with Crippen LogP contribution in [0.25, 0.3) is 0 Å². The number of esters is 1. The van der Waals surface area contributed by atoms with Gasteiger partial charge in [-0.2, -0.15) is 0 Å². The molecule has 0 saturated heterocycles. The summed E-state index contributed by atoms with van der Waals surface area (Å²) in [5.41, 5.74) is 1.28. The van der Waals surface area contributed by atoms with Gasteiger partial charge in [0.1, 0.15) is 5.70 Å². The Morgan fingerprint density at radius 3 is 2.68 bits per heavy atom. The van der Waals surface area contributed by atoms with E-state index in [1.807, 2.05) is 36.4 Å². The molecule has 0 atom stereocenters. The topological polar surface area (TPSA) is 38.7 Å². The molecule has 0 aromatic heterocycles. The van der Waals surface area contributed by atoms with Crippen molar-refractivity contribution in [1.82, 2.24) is 0 Å². The van der Waals surface area contributed by atoms with Crippen molar-refractivity contribution in [3.63, 3.8) is 0 Å². The lowest BCUT2D eigenvalue weighted by Gasteiger charge is -1.97. The van der Waals surface area contributed by atoms with E-state index in [0.29, 0.717) is 11.6 Å². The van der Waals surface area contributed by atoms with Crippen LogP contribution in [-0.2, 0) is 9.53 Å². The molecule has 3 heteroatoms. The third kappa shape index (κ3) is 3.78. The molecule has 0 radical (unpaired) electrons. The number of cyclic esters (lactones) is 1. The molecule has 0 amide bonds. The van der Waals surface area contributed by atoms with Gasteiger partial charge in [0.15, 0.2) is 0 Å². The number of unbranched alkanes of at least 4 members (excludes halogenated alkanes) is 4. The van der Waals surface area contributed by atoms with Crippen LogP contribution < -0.4 is 0 Å². The molecule has 1 aliphatic rings. The van der Waals surface area contributed by atoms with E-state index in [2.05, 4.69) is 11.9 Å². The van der Waals surface area contributed by atoms with E-state index in [1.165, 1.54) is 19.3 Å². The maximum absolute atomic E-state index is 11.7. The highest BCUT2D eigenvalue weighted by atomic mass is 16.6. The predicted molar refractivity (Wildman–Crippen MR) is 75.9 cm³/mol. The third-order valence-corrected chi connectivity index (χ3v) is 3.04. The third-order valence-electron chi connectivity index (χ3n) is 3.04. The highest BCUT2D eigenvalue weighted by Crippen LogP contribution is 2.17. The second-order valence-corrected chi connectivity index (χ2v) is 4.61. The van der Waals surface area contributed by atoms with Crippen LogP contribution in [0, 0.1) is 0 Å². The molecule has 0 spiro atoms. The fraction of sp³-hybridized carbons (Fsp3) is 0.375. The minimum atomic E-state index is -0.339. The number of rotatable bonds is 6. The number of hydrogen-bond acceptors (Lipinski definition) is 3. The molecule has 1 aromatic rings. The molecule has 2 rings (SSSR count). The van der Waals surface area contributed by atoms with Crippen molar-refractivity contribution >= 4 is 11.9 Å². The summed E-state index contributed by atoms with van der Waals surface area (Å²) in [6.07, 6.45) is 7.52. The number of benzene rings is 1. The van der Waals surface area contributed by atoms with E-state index < -0.39 is 0 Å². The van der Waals surface area contributed by atoms with Gasteiger partial charge in [-0.25, -0.2) is 9.79 Å². The smallest absolute Gasteiger partial charge is 0.363 e. The Balaban J connectivity index is 1.97. The lowest BCUT2D eigenvalue weighted by molar-refractivity contribution is -0.130. The number of carbonyl (C=O) groups excluding carboxylic acids is 1. The number of carbonyl (C=O) groups is 1. The number of allylic oxidation sites excluding steroid dienone is 1. The fourth-order valence-electron chi connectivity index (χ4n) is 1.96. The van der Waals surface area contributed by atoms with Crippen LogP contribution in [-0.4, -0.2) is 11.9 Å². The van der Waals surface area contributed by atoms with Crippen LogP contribution in [0.3, 0.4) is 0 Å². The molecule has 0 N–H and O–H groups in total. The summed E-state index contributed by atoms with van der Waals surface area (Å²) in [6.45, 7) is 2.18. The highest BCUT2D eigenvalue weighted by Gasteiger charge is 2.23. The monoisotopic (exact) mass is 257 g/mol. The predicted octanol–water partition coefficient (Wildman–Crippen LogP) is 3.84. The van der Waals surface area contributed by atoms with Crippen LogP contribution in [0.4, 0.5) is 0 Å². The zero-order valence-electron chi connectivity index (χ0n) is 11.3. The zero-order chi connectivity index (χ0) is 13.5. The first-order chi connectivity index (χ1) is 9.31. The molecule has 1 aliphatic heterocycles. The summed E-state index contributed by atoms with van der Waals surface area (Å²) < 4.78 is 5.18.